The lowest BCUT2D eigenvalue weighted by atomic mass is 9.77. The zero-order valence-electron chi connectivity index (χ0n) is 12.5. The largest absolute Gasteiger partial charge is 0.444 e. The smallest absolute Gasteiger partial charge is 0.410 e. The van der Waals surface area contributed by atoms with Crippen LogP contribution < -0.4 is 0 Å². The van der Waals surface area contributed by atoms with Gasteiger partial charge >= 0.3 is 6.09 Å². The van der Waals surface area contributed by atoms with Gasteiger partial charge in [0, 0.05) is 30.8 Å². The minimum Gasteiger partial charge on any atom is -0.444 e. The molecular weight excluding hydrogens is 313 g/mol. The van der Waals surface area contributed by atoms with Gasteiger partial charge in [-0.1, -0.05) is 29.8 Å². The maximum Gasteiger partial charge on any atom is 0.410 e. The van der Waals surface area contributed by atoms with E-state index in [4.69, 9.17) is 4.74 Å². The molecule has 0 aromatic carbocycles. The Morgan fingerprint density at radius 3 is 2.53 bits per heavy atom. The molecule has 0 aliphatic carbocycles. The Morgan fingerprint density at radius 1 is 1.53 bits per heavy atom. The van der Waals surface area contributed by atoms with Crippen molar-refractivity contribution in [1.29, 1.82) is 0 Å². The maximum absolute atomic E-state index is 14.8. The average Bonchev–Trinajstić information content (AvgIpc) is 2.26. The first-order valence-electron chi connectivity index (χ1n) is 6.82. The third-order valence-electron chi connectivity index (χ3n) is 3.56. The molecule has 2 unspecified atom stereocenters. The van der Waals surface area contributed by atoms with Crippen molar-refractivity contribution in [3.8, 4) is 0 Å². The van der Waals surface area contributed by atoms with E-state index in [2.05, 4.69) is 15.9 Å². The number of amides is 1. The van der Waals surface area contributed by atoms with Gasteiger partial charge in [-0.05, 0) is 26.7 Å². The minimum absolute atomic E-state index is 0.159. The first-order valence-corrected chi connectivity index (χ1v) is 7.94. The van der Waals surface area contributed by atoms with Crippen molar-refractivity contribution >= 4 is 22.0 Å². The number of hydrogen-bond acceptors (Lipinski definition) is 2. The molecule has 3 nitrogen and oxygen atoms in total. The highest BCUT2D eigenvalue weighted by Gasteiger charge is 2.45. The fraction of sp³-hybridized carbons (Fsp3) is 0.929. The van der Waals surface area contributed by atoms with Crippen LogP contribution in [0.5, 0.6) is 0 Å². The van der Waals surface area contributed by atoms with Crippen molar-refractivity contribution in [1.82, 2.24) is 4.90 Å². The molecule has 2 atom stereocenters. The predicted octanol–water partition coefficient (Wildman–Crippen LogP) is 4.00. The average molecular weight is 338 g/mol. The molecule has 1 saturated heterocycles. The zero-order chi connectivity index (χ0) is 14.8. The molecule has 0 aromatic rings. The van der Waals surface area contributed by atoms with Crippen LogP contribution >= 0.6 is 15.9 Å². The number of alkyl halides is 2. The van der Waals surface area contributed by atoms with Gasteiger partial charge in [0.2, 0.25) is 0 Å². The molecule has 0 aromatic heterocycles. The van der Waals surface area contributed by atoms with E-state index in [-0.39, 0.29) is 17.9 Å². The Balaban J connectivity index is 2.75. The second kappa shape index (κ2) is 5.98. The van der Waals surface area contributed by atoms with Gasteiger partial charge in [-0.2, -0.15) is 0 Å². The van der Waals surface area contributed by atoms with Crippen LogP contribution in [-0.2, 0) is 4.74 Å². The third-order valence-corrected chi connectivity index (χ3v) is 4.49. The standard InChI is InChI=1S/C14H25BrFNO2/c1-10(2)11-8-17(7-6-14(11,16)9-15)12(18)19-13(3,4)5/h10-11H,6-9H2,1-5H3. The predicted molar refractivity (Wildman–Crippen MR) is 78.4 cm³/mol. The summed E-state index contributed by atoms with van der Waals surface area (Å²) >= 11 is 3.27. The van der Waals surface area contributed by atoms with Gasteiger partial charge in [-0.3, -0.25) is 0 Å². The summed E-state index contributed by atoms with van der Waals surface area (Å²) in [6.45, 7) is 10.4. The fourth-order valence-electron chi connectivity index (χ4n) is 2.46. The number of rotatable bonds is 2. The summed E-state index contributed by atoms with van der Waals surface area (Å²) in [5.41, 5.74) is -1.74. The highest BCUT2D eigenvalue weighted by molar-refractivity contribution is 9.09. The highest BCUT2D eigenvalue weighted by atomic mass is 79.9. The van der Waals surface area contributed by atoms with Crippen molar-refractivity contribution in [2.24, 2.45) is 11.8 Å². The summed E-state index contributed by atoms with van der Waals surface area (Å²) in [5.74, 6) is 0.0286. The van der Waals surface area contributed by atoms with Crippen LogP contribution in [0.25, 0.3) is 0 Å². The summed E-state index contributed by atoms with van der Waals surface area (Å²) in [5, 5.41) is 0.324. The Kier molecular flexibility index (Phi) is 5.27. The highest BCUT2D eigenvalue weighted by Crippen LogP contribution is 2.38. The lowest BCUT2D eigenvalue weighted by Gasteiger charge is -2.44. The van der Waals surface area contributed by atoms with E-state index >= 15 is 0 Å². The molecule has 1 amide bonds. The lowest BCUT2D eigenvalue weighted by Crippen LogP contribution is -2.54. The first-order chi connectivity index (χ1) is 8.59. The van der Waals surface area contributed by atoms with Gasteiger partial charge in [0.15, 0.2) is 0 Å². The molecule has 0 spiro atoms. The number of carbonyl (C=O) groups excluding carboxylic acids is 1. The molecular formula is C14H25BrFNO2. The minimum atomic E-state index is -1.23. The second-order valence-corrected chi connectivity index (χ2v) is 7.26. The lowest BCUT2D eigenvalue weighted by molar-refractivity contribution is -0.0264. The van der Waals surface area contributed by atoms with Crippen molar-refractivity contribution < 1.29 is 13.9 Å². The third kappa shape index (κ3) is 4.33. The molecule has 1 aliphatic rings. The Morgan fingerprint density at radius 2 is 2.11 bits per heavy atom. The van der Waals surface area contributed by atoms with Crippen molar-refractivity contribution in [3.05, 3.63) is 0 Å². The molecule has 0 saturated carbocycles. The monoisotopic (exact) mass is 337 g/mol. The molecule has 1 heterocycles. The molecule has 1 aliphatic heterocycles. The van der Waals surface area contributed by atoms with Crippen LogP contribution in [0.4, 0.5) is 9.18 Å². The normalized spacial score (nSPS) is 28.6. The molecule has 0 bridgehead atoms. The van der Waals surface area contributed by atoms with Gasteiger partial charge in [-0.25, -0.2) is 9.18 Å². The fourth-order valence-corrected chi connectivity index (χ4v) is 3.16. The number of halogens is 2. The molecule has 5 heteroatoms. The molecule has 0 N–H and O–H groups in total. The van der Waals surface area contributed by atoms with E-state index in [1.54, 1.807) is 4.90 Å². The van der Waals surface area contributed by atoms with Crippen LogP contribution in [0, 0.1) is 11.8 Å². The SMILES string of the molecule is CC(C)C1CN(C(=O)OC(C)(C)C)CCC1(F)CBr. The summed E-state index contributed by atoms with van der Waals surface area (Å²) in [6.07, 6.45) is 0.0233. The van der Waals surface area contributed by atoms with Gasteiger partial charge in [0.25, 0.3) is 0 Å². The molecule has 19 heavy (non-hydrogen) atoms. The van der Waals surface area contributed by atoms with Crippen molar-refractivity contribution in [2.45, 2.75) is 52.3 Å². The number of ether oxygens (including phenoxy) is 1. The van der Waals surface area contributed by atoms with Crippen LogP contribution in [0.15, 0.2) is 0 Å². The van der Waals surface area contributed by atoms with Crippen molar-refractivity contribution in [2.75, 3.05) is 18.4 Å². The summed E-state index contributed by atoms with van der Waals surface area (Å²) in [7, 11) is 0. The number of piperidine rings is 1. The Labute approximate surface area is 124 Å². The summed E-state index contributed by atoms with van der Waals surface area (Å²) < 4.78 is 20.1. The Bertz CT molecular complexity index is 330. The number of nitrogens with zero attached hydrogens (tertiary/aromatic N) is 1. The van der Waals surface area contributed by atoms with Crippen molar-refractivity contribution in [3.63, 3.8) is 0 Å². The number of carbonyl (C=O) groups is 1. The maximum atomic E-state index is 14.8. The van der Waals surface area contributed by atoms with Gasteiger partial charge in [0.05, 0.1) is 0 Å². The van der Waals surface area contributed by atoms with E-state index in [0.29, 0.717) is 24.8 Å². The molecule has 0 radical (unpaired) electrons. The number of hydrogen-bond donors (Lipinski definition) is 0. The van der Waals surface area contributed by atoms with E-state index in [1.807, 2.05) is 34.6 Å². The van der Waals surface area contributed by atoms with Crippen LogP contribution in [0.3, 0.4) is 0 Å². The summed E-state index contributed by atoms with van der Waals surface area (Å²) in [6, 6.07) is 0. The zero-order valence-corrected chi connectivity index (χ0v) is 14.1. The topological polar surface area (TPSA) is 29.5 Å². The van der Waals surface area contributed by atoms with Gasteiger partial charge in [0.1, 0.15) is 11.3 Å². The van der Waals surface area contributed by atoms with Crippen LogP contribution in [-0.4, -0.2) is 40.7 Å². The van der Waals surface area contributed by atoms with Gasteiger partial charge < -0.3 is 9.64 Å². The van der Waals surface area contributed by atoms with E-state index < -0.39 is 11.3 Å². The van der Waals surface area contributed by atoms with Crippen LogP contribution in [0.1, 0.15) is 41.0 Å². The van der Waals surface area contributed by atoms with Gasteiger partial charge in [-0.15, -0.1) is 0 Å². The summed E-state index contributed by atoms with van der Waals surface area (Å²) in [4.78, 5) is 13.7. The number of likely N-dealkylation sites (tertiary alicyclic amines) is 1. The molecule has 1 rings (SSSR count). The second-order valence-electron chi connectivity index (χ2n) is 6.70. The Hall–Kier alpha value is -0.320. The molecule has 1 fully saturated rings. The molecule has 112 valence electrons. The first kappa shape index (κ1) is 16.7. The van der Waals surface area contributed by atoms with Crippen LogP contribution in [0.2, 0.25) is 0 Å². The van der Waals surface area contributed by atoms with E-state index in [1.165, 1.54) is 0 Å². The van der Waals surface area contributed by atoms with E-state index in [9.17, 15) is 9.18 Å². The quantitative estimate of drug-likeness (QED) is 0.712. The van der Waals surface area contributed by atoms with E-state index in [0.717, 1.165) is 0 Å².